The number of hydrazone groups is 1. The lowest BCUT2D eigenvalue weighted by Gasteiger charge is -2.13. The van der Waals surface area contributed by atoms with Crippen LogP contribution in [0.3, 0.4) is 0 Å². The van der Waals surface area contributed by atoms with E-state index in [1.54, 1.807) is 18.2 Å². The first kappa shape index (κ1) is 24.4. The van der Waals surface area contributed by atoms with Crippen LogP contribution in [0, 0.1) is 13.8 Å². The van der Waals surface area contributed by atoms with Gasteiger partial charge < -0.3 is 20.1 Å². The number of para-hydroxylation sites is 1. The molecule has 0 aliphatic rings. The van der Waals surface area contributed by atoms with E-state index in [4.69, 9.17) is 9.47 Å². The summed E-state index contributed by atoms with van der Waals surface area (Å²) in [6.45, 7) is 5.95. The Labute approximate surface area is 187 Å². The van der Waals surface area contributed by atoms with E-state index in [9.17, 15) is 14.4 Å². The number of carbonyl (C=O) groups excluding carboxylic acids is 3. The van der Waals surface area contributed by atoms with Gasteiger partial charge in [0, 0.05) is 12.2 Å². The molecule has 2 aromatic rings. The van der Waals surface area contributed by atoms with Gasteiger partial charge in [-0.25, -0.2) is 5.43 Å². The molecule has 0 aliphatic carbocycles. The van der Waals surface area contributed by atoms with Gasteiger partial charge in [-0.2, -0.15) is 5.10 Å². The van der Waals surface area contributed by atoms with Crippen LogP contribution in [-0.2, 0) is 14.4 Å². The number of hydrogen-bond donors (Lipinski definition) is 3. The number of amides is 3. The summed E-state index contributed by atoms with van der Waals surface area (Å²) in [4.78, 5) is 35.4. The SMILES string of the molecule is CCCNC(=O)C(=O)N/N=C\c1ccc(OCC(=O)Nc2c(C)cccc2C)c(OC)c1. The Morgan fingerprint density at radius 1 is 1.03 bits per heavy atom. The Kier molecular flexibility index (Phi) is 9.22. The summed E-state index contributed by atoms with van der Waals surface area (Å²) >= 11 is 0. The molecule has 0 heterocycles. The van der Waals surface area contributed by atoms with Crippen LogP contribution in [0.25, 0.3) is 0 Å². The first-order chi connectivity index (χ1) is 15.3. The van der Waals surface area contributed by atoms with E-state index in [0.717, 1.165) is 23.2 Å². The molecule has 0 aliphatic heterocycles. The highest BCUT2D eigenvalue weighted by atomic mass is 16.5. The molecule has 0 bridgehead atoms. The number of aryl methyl sites for hydroxylation is 2. The van der Waals surface area contributed by atoms with Crippen LogP contribution < -0.4 is 25.5 Å². The van der Waals surface area contributed by atoms with Gasteiger partial charge in [0.1, 0.15) is 0 Å². The number of anilines is 1. The fraction of sp³-hybridized carbons (Fsp3) is 0.304. The van der Waals surface area contributed by atoms with Crippen molar-refractivity contribution in [2.45, 2.75) is 27.2 Å². The Balaban J connectivity index is 1.94. The summed E-state index contributed by atoms with van der Waals surface area (Å²) in [6, 6.07) is 10.7. The number of nitrogens with one attached hydrogen (secondary N) is 3. The topological polar surface area (TPSA) is 118 Å². The zero-order valence-corrected chi connectivity index (χ0v) is 18.7. The van der Waals surface area contributed by atoms with E-state index in [1.807, 2.05) is 39.0 Å². The summed E-state index contributed by atoms with van der Waals surface area (Å²) in [6.07, 6.45) is 2.09. The van der Waals surface area contributed by atoms with Gasteiger partial charge in [-0.05, 0) is 55.2 Å². The minimum absolute atomic E-state index is 0.194. The van der Waals surface area contributed by atoms with Gasteiger partial charge >= 0.3 is 11.8 Å². The molecule has 170 valence electrons. The average Bonchev–Trinajstić information content (AvgIpc) is 2.78. The highest BCUT2D eigenvalue weighted by Crippen LogP contribution is 2.27. The highest BCUT2D eigenvalue weighted by molar-refractivity contribution is 6.35. The van der Waals surface area contributed by atoms with Gasteiger partial charge in [0.05, 0.1) is 13.3 Å². The number of benzene rings is 2. The molecule has 2 aromatic carbocycles. The molecule has 0 spiro atoms. The maximum absolute atomic E-state index is 12.3. The molecule has 9 nitrogen and oxygen atoms in total. The zero-order valence-electron chi connectivity index (χ0n) is 18.7. The summed E-state index contributed by atoms with van der Waals surface area (Å²) < 4.78 is 10.9. The van der Waals surface area contributed by atoms with Crippen molar-refractivity contribution in [3.8, 4) is 11.5 Å². The minimum Gasteiger partial charge on any atom is -0.493 e. The molecular formula is C23H28N4O5. The first-order valence-corrected chi connectivity index (χ1v) is 10.1. The third kappa shape index (κ3) is 7.12. The van der Waals surface area contributed by atoms with Crippen LogP contribution in [0.2, 0.25) is 0 Å². The molecule has 0 fully saturated rings. The molecule has 9 heteroatoms. The average molecular weight is 441 g/mol. The van der Waals surface area contributed by atoms with Gasteiger partial charge in [-0.3, -0.25) is 14.4 Å². The second kappa shape index (κ2) is 12.1. The highest BCUT2D eigenvalue weighted by Gasteiger charge is 2.12. The summed E-state index contributed by atoms with van der Waals surface area (Å²) in [5.74, 6) is -1.12. The number of ether oxygens (including phenoxy) is 2. The number of nitrogens with zero attached hydrogens (tertiary/aromatic N) is 1. The Morgan fingerprint density at radius 3 is 2.41 bits per heavy atom. The van der Waals surface area contributed by atoms with Crippen molar-refractivity contribution in [2.75, 3.05) is 25.6 Å². The second-order valence-electron chi connectivity index (χ2n) is 6.97. The molecule has 3 amide bonds. The third-order valence-corrected chi connectivity index (χ3v) is 4.41. The monoisotopic (exact) mass is 440 g/mol. The predicted molar refractivity (Wildman–Crippen MR) is 122 cm³/mol. The molecule has 32 heavy (non-hydrogen) atoms. The maximum atomic E-state index is 12.3. The van der Waals surface area contributed by atoms with E-state index in [2.05, 4.69) is 21.2 Å². The van der Waals surface area contributed by atoms with Crippen LogP contribution in [0.15, 0.2) is 41.5 Å². The van der Waals surface area contributed by atoms with E-state index in [1.165, 1.54) is 13.3 Å². The van der Waals surface area contributed by atoms with Crippen LogP contribution >= 0.6 is 0 Å². The quantitative estimate of drug-likeness (QED) is 0.314. The molecular weight excluding hydrogens is 412 g/mol. The molecule has 2 rings (SSSR count). The molecule has 0 saturated carbocycles. The lowest BCUT2D eigenvalue weighted by molar-refractivity contribution is -0.139. The fourth-order valence-corrected chi connectivity index (χ4v) is 2.75. The number of carbonyl (C=O) groups is 3. The molecule has 0 radical (unpaired) electrons. The van der Waals surface area contributed by atoms with E-state index in [-0.39, 0.29) is 12.5 Å². The van der Waals surface area contributed by atoms with Crippen molar-refractivity contribution < 1.29 is 23.9 Å². The molecule has 0 saturated heterocycles. The van der Waals surface area contributed by atoms with Gasteiger partial charge in [0.15, 0.2) is 18.1 Å². The van der Waals surface area contributed by atoms with Crippen molar-refractivity contribution in [2.24, 2.45) is 5.10 Å². The Morgan fingerprint density at radius 2 is 1.75 bits per heavy atom. The molecule has 0 aromatic heterocycles. The van der Waals surface area contributed by atoms with Gasteiger partial charge in [-0.1, -0.05) is 25.1 Å². The standard InChI is InChI=1S/C23H28N4O5/c1-5-11-24-22(29)23(30)27-25-13-17-9-10-18(19(12-17)31-4)32-14-20(28)26-21-15(2)7-6-8-16(21)3/h6-10,12-13H,5,11,14H2,1-4H3,(H,24,29)(H,26,28)(H,27,30)/b25-13-. The molecule has 0 unspecified atom stereocenters. The zero-order chi connectivity index (χ0) is 23.5. The Bertz CT molecular complexity index is 984. The van der Waals surface area contributed by atoms with Crippen molar-refractivity contribution >= 4 is 29.6 Å². The fourth-order valence-electron chi connectivity index (χ4n) is 2.75. The van der Waals surface area contributed by atoms with Gasteiger partial charge in [0.25, 0.3) is 5.91 Å². The first-order valence-electron chi connectivity index (χ1n) is 10.1. The normalized spacial score (nSPS) is 10.5. The van der Waals surface area contributed by atoms with Crippen LogP contribution in [0.4, 0.5) is 5.69 Å². The second-order valence-corrected chi connectivity index (χ2v) is 6.97. The summed E-state index contributed by atoms with van der Waals surface area (Å²) in [5.41, 5.74) is 5.46. The summed E-state index contributed by atoms with van der Waals surface area (Å²) in [5, 5.41) is 9.08. The lowest BCUT2D eigenvalue weighted by Crippen LogP contribution is -2.38. The third-order valence-electron chi connectivity index (χ3n) is 4.41. The van der Waals surface area contributed by atoms with Crippen molar-refractivity contribution in [1.29, 1.82) is 0 Å². The summed E-state index contributed by atoms with van der Waals surface area (Å²) in [7, 11) is 1.47. The number of hydrogen-bond acceptors (Lipinski definition) is 6. The number of rotatable bonds is 9. The predicted octanol–water partition coefficient (Wildman–Crippen LogP) is 2.31. The van der Waals surface area contributed by atoms with Crippen molar-refractivity contribution in [3.63, 3.8) is 0 Å². The molecule has 3 N–H and O–H groups in total. The largest absolute Gasteiger partial charge is 0.493 e. The van der Waals surface area contributed by atoms with E-state index < -0.39 is 11.8 Å². The molecule has 0 atom stereocenters. The Hall–Kier alpha value is -3.88. The lowest BCUT2D eigenvalue weighted by atomic mass is 10.1. The van der Waals surface area contributed by atoms with Crippen LogP contribution in [0.5, 0.6) is 11.5 Å². The van der Waals surface area contributed by atoms with Gasteiger partial charge in [0.2, 0.25) is 0 Å². The van der Waals surface area contributed by atoms with E-state index >= 15 is 0 Å². The van der Waals surface area contributed by atoms with Crippen LogP contribution in [0.1, 0.15) is 30.0 Å². The van der Waals surface area contributed by atoms with Crippen LogP contribution in [-0.4, -0.2) is 44.2 Å². The maximum Gasteiger partial charge on any atom is 0.329 e. The van der Waals surface area contributed by atoms with Gasteiger partial charge in [-0.15, -0.1) is 0 Å². The van der Waals surface area contributed by atoms with E-state index in [0.29, 0.717) is 23.6 Å². The van der Waals surface area contributed by atoms with Crippen molar-refractivity contribution in [1.82, 2.24) is 10.7 Å². The van der Waals surface area contributed by atoms with Crippen molar-refractivity contribution in [3.05, 3.63) is 53.1 Å². The smallest absolute Gasteiger partial charge is 0.329 e. The number of methoxy groups -OCH3 is 1. The minimum atomic E-state index is -0.850.